The molecule has 0 aromatic heterocycles. The lowest BCUT2D eigenvalue weighted by Gasteiger charge is -2.22. The summed E-state index contributed by atoms with van der Waals surface area (Å²) in [5.41, 5.74) is 0. The van der Waals surface area contributed by atoms with Crippen LogP contribution >= 0.6 is 0 Å². The van der Waals surface area contributed by atoms with Gasteiger partial charge in [-0.15, -0.1) is 0 Å². The predicted octanol–water partition coefficient (Wildman–Crippen LogP) is 0.634. The second kappa shape index (κ2) is 3.67. The third-order valence-electron chi connectivity index (χ3n) is 3.57. The maximum Gasteiger partial charge on any atom is 0.191 e. The molecule has 4 nitrogen and oxygen atoms in total. The van der Waals surface area contributed by atoms with Crippen LogP contribution in [0, 0.1) is 0 Å². The molecule has 2 heterocycles. The number of ether oxygens (including phenoxy) is 1. The molecule has 84 valence electrons. The number of nitrogens with zero attached hydrogens (tertiary/aromatic N) is 1. The van der Waals surface area contributed by atoms with Gasteiger partial charge in [0.25, 0.3) is 0 Å². The Bertz CT molecular complexity index is 275. The van der Waals surface area contributed by atoms with E-state index in [1.165, 1.54) is 25.7 Å². The van der Waals surface area contributed by atoms with E-state index in [0.717, 1.165) is 12.4 Å². The van der Waals surface area contributed by atoms with Crippen LogP contribution in [-0.2, 0) is 4.74 Å². The van der Waals surface area contributed by atoms with E-state index in [-0.39, 0.29) is 0 Å². The summed E-state index contributed by atoms with van der Waals surface area (Å²) in [4.78, 5) is 4.25. The summed E-state index contributed by atoms with van der Waals surface area (Å²) in [7, 11) is 1.84. The Morgan fingerprint density at radius 1 is 1.20 bits per heavy atom. The van der Waals surface area contributed by atoms with Crippen LogP contribution in [-0.4, -0.2) is 37.3 Å². The minimum absolute atomic E-state index is 0.424. The average Bonchev–Trinajstić information content (AvgIpc) is 2.82. The van der Waals surface area contributed by atoms with E-state index in [9.17, 15) is 0 Å². The van der Waals surface area contributed by atoms with Gasteiger partial charge in [-0.25, -0.2) is 0 Å². The molecule has 1 saturated carbocycles. The molecule has 3 unspecified atom stereocenters. The van der Waals surface area contributed by atoms with Gasteiger partial charge in [0, 0.05) is 13.1 Å². The van der Waals surface area contributed by atoms with Crippen molar-refractivity contribution in [1.82, 2.24) is 10.6 Å². The van der Waals surface area contributed by atoms with Crippen LogP contribution in [0.15, 0.2) is 4.99 Å². The Labute approximate surface area is 90.5 Å². The van der Waals surface area contributed by atoms with E-state index >= 15 is 0 Å². The van der Waals surface area contributed by atoms with E-state index in [1.807, 2.05) is 7.05 Å². The Morgan fingerprint density at radius 3 is 2.60 bits per heavy atom. The van der Waals surface area contributed by atoms with Gasteiger partial charge in [0.15, 0.2) is 5.96 Å². The lowest BCUT2D eigenvalue weighted by molar-refractivity contribution is 0.0992. The monoisotopic (exact) mass is 209 g/mol. The number of guanidine groups is 1. The van der Waals surface area contributed by atoms with Crippen LogP contribution in [0.1, 0.15) is 32.1 Å². The third kappa shape index (κ3) is 1.95. The summed E-state index contributed by atoms with van der Waals surface area (Å²) in [6.45, 7) is 0. The number of aliphatic imine (C=N–C) groups is 1. The van der Waals surface area contributed by atoms with E-state index in [1.54, 1.807) is 0 Å². The SMILES string of the molecule is CN=C(NC1CC1)NC1CC2CCC1O2. The zero-order valence-electron chi connectivity index (χ0n) is 9.20. The van der Waals surface area contributed by atoms with E-state index in [0.29, 0.717) is 24.3 Å². The standard InChI is InChI=1S/C11H19N3O/c1-12-11(13-7-2-3-7)14-9-6-8-4-5-10(9)15-8/h7-10H,2-6H2,1H3,(H2,12,13,14). The normalized spacial score (nSPS) is 39.5. The van der Waals surface area contributed by atoms with E-state index in [4.69, 9.17) is 4.74 Å². The fourth-order valence-electron chi connectivity index (χ4n) is 2.56. The fraction of sp³-hybridized carbons (Fsp3) is 0.909. The van der Waals surface area contributed by atoms with Crippen molar-refractivity contribution in [3.63, 3.8) is 0 Å². The first-order valence-corrected chi connectivity index (χ1v) is 6.00. The summed E-state index contributed by atoms with van der Waals surface area (Å²) < 4.78 is 5.81. The molecule has 2 saturated heterocycles. The van der Waals surface area contributed by atoms with Gasteiger partial charge in [0.2, 0.25) is 0 Å². The second-order valence-electron chi connectivity index (χ2n) is 4.85. The van der Waals surface area contributed by atoms with E-state index < -0.39 is 0 Å². The number of fused-ring (bicyclic) bond motifs is 2. The topological polar surface area (TPSA) is 45.7 Å². The van der Waals surface area contributed by atoms with Crippen LogP contribution in [0.4, 0.5) is 0 Å². The molecule has 3 atom stereocenters. The van der Waals surface area contributed by atoms with Crippen molar-refractivity contribution < 1.29 is 4.74 Å². The van der Waals surface area contributed by atoms with Gasteiger partial charge >= 0.3 is 0 Å². The number of rotatable bonds is 2. The summed E-state index contributed by atoms with van der Waals surface area (Å²) in [5, 5.41) is 6.89. The average molecular weight is 209 g/mol. The maximum absolute atomic E-state index is 5.81. The molecule has 3 rings (SSSR count). The van der Waals surface area contributed by atoms with Crippen LogP contribution in [0.2, 0.25) is 0 Å². The van der Waals surface area contributed by atoms with Gasteiger partial charge in [0.05, 0.1) is 18.2 Å². The maximum atomic E-state index is 5.81. The van der Waals surface area contributed by atoms with Gasteiger partial charge in [0.1, 0.15) is 0 Å². The Hall–Kier alpha value is -0.770. The Morgan fingerprint density at radius 2 is 2.07 bits per heavy atom. The van der Waals surface area contributed by atoms with Crippen molar-refractivity contribution in [2.45, 2.75) is 56.4 Å². The molecule has 2 aliphatic heterocycles. The highest BCUT2D eigenvalue weighted by Gasteiger charge is 2.41. The molecule has 0 spiro atoms. The van der Waals surface area contributed by atoms with Crippen molar-refractivity contribution in [3.05, 3.63) is 0 Å². The molecule has 2 N–H and O–H groups in total. The molecule has 1 aliphatic carbocycles. The highest BCUT2D eigenvalue weighted by molar-refractivity contribution is 5.80. The van der Waals surface area contributed by atoms with Crippen LogP contribution in [0.3, 0.4) is 0 Å². The molecule has 0 aromatic carbocycles. The molecule has 4 heteroatoms. The largest absolute Gasteiger partial charge is 0.373 e. The minimum atomic E-state index is 0.424. The Kier molecular flexibility index (Phi) is 2.31. The zero-order valence-corrected chi connectivity index (χ0v) is 9.20. The van der Waals surface area contributed by atoms with Crippen LogP contribution < -0.4 is 10.6 Å². The van der Waals surface area contributed by atoms with Crippen molar-refractivity contribution in [3.8, 4) is 0 Å². The summed E-state index contributed by atoms with van der Waals surface area (Å²) in [5.74, 6) is 0.957. The number of nitrogens with one attached hydrogen (secondary N) is 2. The van der Waals surface area contributed by atoms with Crippen molar-refractivity contribution in [2.75, 3.05) is 7.05 Å². The smallest absolute Gasteiger partial charge is 0.191 e. The van der Waals surface area contributed by atoms with Crippen LogP contribution in [0.5, 0.6) is 0 Å². The third-order valence-corrected chi connectivity index (χ3v) is 3.57. The molecule has 0 radical (unpaired) electrons. The summed E-state index contributed by atoms with van der Waals surface area (Å²) >= 11 is 0. The lowest BCUT2D eigenvalue weighted by Crippen LogP contribution is -2.47. The van der Waals surface area contributed by atoms with Gasteiger partial charge < -0.3 is 15.4 Å². The first-order chi connectivity index (χ1) is 7.35. The second-order valence-corrected chi connectivity index (χ2v) is 4.85. The molecule has 15 heavy (non-hydrogen) atoms. The zero-order chi connectivity index (χ0) is 10.3. The molecule has 0 amide bonds. The molecule has 3 aliphatic rings. The first kappa shape index (κ1) is 9.46. The minimum Gasteiger partial charge on any atom is -0.373 e. The van der Waals surface area contributed by atoms with E-state index in [2.05, 4.69) is 15.6 Å². The molecular weight excluding hydrogens is 190 g/mol. The summed E-state index contributed by atoms with van der Waals surface area (Å²) in [6, 6.07) is 1.14. The molecular formula is C11H19N3O. The number of hydrogen-bond acceptors (Lipinski definition) is 2. The molecule has 2 bridgehead atoms. The predicted molar refractivity (Wildman–Crippen MR) is 59.0 cm³/mol. The highest BCUT2D eigenvalue weighted by Crippen LogP contribution is 2.34. The van der Waals surface area contributed by atoms with Gasteiger partial charge in [-0.2, -0.15) is 0 Å². The quantitative estimate of drug-likeness (QED) is 0.518. The summed E-state index contributed by atoms with van der Waals surface area (Å²) in [6.07, 6.45) is 7.11. The van der Waals surface area contributed by atoms with Crippen molar-refractivity contribution in [2.24, 2.45) is 4.99 Å². The van der Waals surface area contributed by atoms with Crippen LogP contribution in [0.25, 0.3) is 0 Å². The van der Waals surface area contributed by atoms with Crippen molar-refractivity contribution in [1.29, 1.82) is 0 Å². The van der Waals surface area contributed by atoms with Gasteiger partial charge in [-0.05, 0) is 32.1 Å². The molecule has 0 aromatic rings. The highest BCUT2D eigenvalue weighted by atomic mass is 16.5. The van der Waals surface area contributed by atoms with Gasteiger partial charge in [-0.1, -0.05) is 0 Å². The molecule has 3 fully saturated rings. The fourth-order valence-corrected chi connectivity index (χ4v) is 2.56. The van der Waals surface area contributed by atoms with Gasteiger partial charge in [-0.3, -0.25) is 4.99 Å². The number of hydrogen-bond donors (Lipinski definition) is 2. The first-order valence-electron chi connectivity index (χ1n) is 6.00. The lowest BCUT2D eigenvalue weighted by atomic mass is 9.96. The Balaban J connectivity index is 1.54. The van der Waals surface area contributed by atoms with Crippen molar-refractivity contribution >= 4 is 5.96 Å².